The Labute approximate surface area is 216 Å². The van der Waals surface area contributed by atoms with Crippen LogP contribution < -0.4 is 10.6 Å². The maximum absolute atomic E-state index is 13.3. The molecule has 0 bridgehead atoms. The van der Waals surface area contributed by atoms with E-state index in [-0.39, 0.29) is 11.8 Å². The van der Waals surface area contributed by atoms with Gasteiger partial charge < -0.3 is 10.6 Å². The zero-order valence-electron chi connectivity index (χ0n) is 18.7. The fourth-order valence-corrected chi connectivity index (χ4v) is 4.76. The lowest BCUT2D eigenvalue weighted by atomic mass is 10.2. The molecule has 1 atom stereocenters. The first kappa shape index (κ1) is 25.0. The molecule has 2 N–H and O–H groups in total. The van der Waals surface area contributed by atoms with E-state index in [1.54, 1.807) is 34.9 Å². The van der Waals surface area contributed by atoms with Gasteiger partial charge in [-0.2, -0.15) is 0 Å². The normalized spacial score (nSPS) is 11.8. The molecule has 0 fully saturated rings. The van der Waals surface area contributed by atoms with Crippen LogP contribution in [-0.2, 0) is 12.3 Å². The maximum atomic E-state index is 13.3. The highest BCUT2D eigenvalue weighted by Gasteiger charge is 2.22. The highest BCUT2D eigenvalue weighted by molar-refractivity contribution is 7.98. The van der Waals surface area contributed by atoms with E-state index in [9.17, 15) is 9.18 Å². The van der Waals surface area contributed by atoms with Crippen molar-refractivity contribution < 1.29 is 9.18 Å². The molecule has 1 aromatic heterocycles. The smallest absolute Gasteiger partial charge is 0.315 e. The number of hydrogen-bond donors (Lipinski definition) is 2. The largest absolute Gasteiger partial charge is 0.334 e. The molecule has 1 heterocycles. The number of urea groups is 1. The molecule has 4 rings (SSSR count). The van der Waals surface area contributed by atoms with Crippen LogP contribution in [0.5, 0.6) is 0 Å². The van der Waals surface area contributed by atoms with Crippen molar-refractivity contribution in [2.45, 2.75) is 30.4 Å². The third-order valence-corrected chi connectivity index (χ3v) is 6.66. The number of benzene rings is 3. The number of nitrogens with one attached hydrogen (secondary N) is 2. The van der Waals surface area contributed by atoms with E-state index in [1.807, 2.05) is 37.3 Å². The number of carbonyl (C=O) groups excluding carboxylic acids is 1. The van der Waals surface area contributed by atoms with Gasteiger partial charge >= 0.3 is 6.03 Å². The van der Waals surface area contributed by atoms with Crippen LogP contribution in [0.1, 0.15) is 29.9 Å². The van der Waals surface area contributed by atoms with Crippen LogP contribution in [0.2, 0.25) is 10.0 Å². The highest BCUT2D eigenvalue weighted by Crippen LogP contribution is 2.32. The molecule has 35 heavy (non-hydrogen) atoms. The monoisotopic (exact) mass is 529 g/mol. The number of nitrogens with zero attached hydrogens (tertiary/aromatic N) is 3. The molecule has 0 aliphatic rings. The van der Waals surface area contributed by atoms with Crippen molar-refractivity contribution in [3.8, 4) is 5.69 Å². The van der Waals surface area contributed by atoms with Crippen LogP contribution in [0.4, 0.5) is 9.18 Å². The van der Waals surface area contributed by atoms with E-state index in [2.05, 4.69) is 20.8 Å². The summed E-state index contributed by atoms with van der Waals surface area (Å²) in [6.07, 6.45) is 0. The van der Waals surface area contributed by atoms with E-state index in [0.717, 1.165) is 11.1 Å². The topological polar surface area (TPSA) is 71.8 Å². The van der Waals surface area contributed by atoms with Gasteiger partial charge in [0, 0.05) is 17.3 Å². The van der Waals surface area contributed by atoms with Crippen LogP contribution in [0, 0.1) is 5.82 Å². The lowest BCUT2D eigenvalue weighted by Crippen LogP contribution is -2.37. The average molecular weight is 530 g/mol. The summed E-state index contributed by atoms with van der Waals surface area (Å²) in [5.41, 5.74) is 2.56. The SMILES string of the molecule is CC(NC(=O)NCc1ccccc1)c1nnc(SCc2ccc(F)cc2)n1-c1ccc(Cl)cc1Cl. The molecule has 0 aliphatic carbocycles. The van der Waals surface area contributed by atoms with E-state index in [4.69, 9.17) is 23.2 Å². The van der Waals surface area contributed by atoms with Crippen LogP contribution >= 0.6 is 35.0 Å². The van der Waals surface area contributed by atoms with Gasteiger partial charge in [-0.1, -0.05) is 77.4 Å². The number of halogens is 3. The van der Waals surface area contributed by atoms with Gasteiger partial charge in [0.25, 0.3) is 0 Å². The predicted octanol–water partition coefficient (Wildman–Crippen LogP) is 6.57. The number of rotatable bonds is 8. The first-order valence-corrected chi connectivity index (χ1v) is 12.5. The average Bonchev–Trinajstić information content (AvgIpc) is 3.27. The minimum atomic E-state index is -0.481. The molecule has 0 saturated heterocycles. The van der Waals surface area contributed by atoms with Crippen LogP contribution in [-0.4, -0.2) is 20.8 Å². The Balaban J connectivity index is 1.55. The van der Waals surface area contributed by atoms with Gasteiger partial charge in [-0.3, -0.25) is 4.57 Å². The second-order valence-electron chi connectivity index (χ2n) is 7.72. The van der Waals surface area contributed by atoms with Crippen molar-refractivity contribution in [2.75, 3.05) is 0 Å². The molecule has 1 unspecified atom stereocenters. The summed E-state index contributed by atoms with van der Waals surface area (Å²) in [5.74, 6) is 0.761. The third kappa shape index (κ3) is 6.54. The zero-order valence-corrected chi connectivity index (χ0v) is 21.0. The Kier molecular flexibility index (Phi) is 8.28. The minimum absolute atomic E-state index is 0.289. The maximum Gasteiger partial charge on any atom is 0.315 e. The van der Waals surface area contributed by atoms with Crippen molar-refractivity contribution in [3.05, 3.63) is 106 Å². The van der Waals surface area contributed by atoms with Crippen LogP contribution in [0.25, 0.3) is 5.69 Å². The lowest BCUT2D eigenvalue weighted by Gasteiger charge is -2.17. The van der Waals surface area contributed by atoms with Gasteiger partial charge in [-0.25, -0.2) is 9.18 Å². The quantitative estimate of drug-likeness (QED) is 0.253. The summed E-state index contributed by atoms with van der Waals surface area (Å²) in [6.45, 7) is 2.22. The lowest BCUT2D eigenvalue weighted by molar-refractivity contribution is 0.237. The van der Waals surface area contributed by atoms with Crippen molar-refractivity contribution in [1.29, 1.82) is 0 Å². The van der Waals surface area contributed by atoms with Crippen LogP contribution in [0.15, 0.2) is 78.0 Å². The van der Waals surface area contributed by atoms with Gasteiger partial charge in [-0.05, 0) is 48.4 Å². The van der Waals surface area contributed by atoms with E-state index < -0.39 is 6.04 Å². The molecule has 180 valence electrons. The molecule has 10 heteroatoms. The first-order chi connectivity index (χ1) is 16.9. The van der Waals surface area contributed by atoms with E-state index >= 15 is 0 Å². The second-order valence-corrected chi connectivity index (χ2v) is 9.51. The molecule has 3 aromatic carbocycles. The Hall–Kier alpha value is -3.07. The Morgan fingerprint density at radius 2 is 1.77 bits per heavy atom. The van der Waals surface area contributed by atoms with Gasteiger partial charge in [0.05, 0.1) is 16.8 Å². The molecule has 2 amide bonds. The summed E-state index contributed by atoms with van der Waals surface area (Å²) in [4.78, 5) is 12.5. The molecular weight excluding hydrogens is 508 g/mol. The van der Waals surface area contributed by atoms with Crippen molar-refractivity contribution in [3.63, 3.8) is 0 Å². The van der Waals surface area contributed by atoms with E-state index in [1.165, 1.54) is 23.9 Å². The second kappa shape index (κ2) is 11.6. The molecule has 0 aliphatic heterocycles. The standard InChI is InChI=1S/C25H22Cl2FN5OS/c1-16(30-24(34)29-14-17-5-3-2-4-6-17)23-31-32-25(35-15-18-7-10-20(28)11-8-18)33(23)22-12-9-19(26)13-21(22)27/h2-13,16H,14-15H2,1H3,(H2,29,30,34). The Morgan fingerprint density at radius 1 is 1.03 bits per heavy atom. The highest BCUT2D eigenvalue weighted by atomic mass is 35.5. The fourth-order valence-electron chi connectivity index (χ4n) is 3.36. The molecular formula is C25H22Cl2FN5OS. The summed E-state index contributed by atoms with van der Waals surface area (Å²) in [5, 5.41) is 16.0. The minimum Gasteiger partial charge on any atom is -0.334 e. The predicted molar refractivity (Wildman–Crippen MR) is 138 cm³/mol. The summed E-state index contributed by atoms with van der Waals surface area (Å²) >= 11 is 14.0. The van der Waals surface area contributed by atoms with Crippen molar-refractivity contribution in [2.24, 2.45) is 0 Å². The molecule has 6 nitrogen and oxygen atoms in total. The molecule has 4 aromatic rings. The third-order valence-electron chi connectivity index (χ3n) is 5.12. The van der Waals surface area contributed by atoms with Crippen molar-refractivity contribution >= 4 is 41.0 Å². The summed E-state index contributed by atoms with van der Waals surface area (Å²) in [7, 11) is 0. The van der Waals surface area contributed by atoms with Gasteiger partial charge in [0.15, 0.2) is 11.0 Å². The first-order valence-electron chi connectivity index (χ1n) is 10.8. The Bertz CT molecular complexity index is 1300. The number of hydrogen-bond acceptors (Lipinski definition) is 4. The van der Waals surface area contributed by atoms with Crippen LogP contribution in [0.3, 0.4) is 0 Å². The summed E-state index contributed by atoms with van der Waals surface area (Å²) < 4.78 is 15.1. The number of carbonyl (C=O) groups is 1. The van der Waals surface area contributed by atoms with Gasteiger partial charge in [0.2, 0.25) is 0 Å². The van der Waals surface area contributed by atoms with Crippen molar-refractivity contribution in [1.82, 2.24) is 25.4 Å². The summed E-state index contributed by atoms with van der Waals surface area (Å²) in [6, 6.07) is 20.2. The van der Waals surface area contributed by atoms with E-state index in [0.29, 0.717) is 39.0 Å². The number of amides is 2. The van der Waals surface area contributed by atoms with Gasteiger partial charge in [0.1, 0.15) is 5.82 Å². The Morgan fingerprint density at radius 3 is 2.49 bits per heavy atom. The molecule has 0 radical (unpaired) electrons. The molecule has 0 spiro atoms. The fraction of sp³-hybridized carbons (Fsp3) is 0.160. The number of thioether (sulfide) groups is 1. The molecule has 0 saturated carbocycles. The van der Waals surface area contributed by atoms with Gasteiger partial charge in [-0.15, -0.1) is 10.2 Å². The number of aromatic nitrogens is 3. The zero-order chi connectivity index (χ0) is 24.8.